The predicted molar refractivity (Wildman–Crippen MR) is 23.9 cm³/mol. The quantitative estimate of drug-likeness (QED) is 0.525. The molecule has 0 saturated heterocycles. The third kappa shape index (κ3) is 1.51. The average Bonchev–Trinajstić information content (AvgIpc) is 1.91. The second kappa shape index (κ2) is 2.60. The Bertz CT molecular complexity index is 101. The van der Waals surface area contributed by atoms with E-state index in [-0.39, 0.29) is 0 Å². The zero-order valence-corrected chi connectivity index (χ0v) is 9.80. The van der Waals surface area contributed by atoms with Gasteiger partial charge in [0.2, 0.25) is 0 Å². The topological polar surface area (TPSA) is 0 Å². The van der Waals surface area contributed by atoms with Gasteiger partial charge in [0.05, 0.1) is 0 Å². The third-order valence-electron chi connectivity index (χ3n) is 1.12. The van der Waals surface area contributed by atoms with Crippen LogP contribution in [0.3, 0.4) is 0 Å². The zero-order valence-electron chi connectivity index (χ0n) is 3.94. The van der Waals surface area contributed by atoms with Crippen LogP contribution in [-0.2, 0) is 38.7 Å². The standard InChI is InChI=1S/C5H6.2W/c1-2-4-5-3-1;;/h1-3H2;;. The molecule has 0 aliphatic heterocycles. The summed E-state index contributed by atoms with van der Waals surface area (Å²) in [5.74, 6) is 0. The van der Waals surface area contributed by atoms with Crippen LogP contribution in [0.25, 0.3) is 0 Å². The van der Waals surface area contributed by atoms with E-state index in [0.29, 0.717) is 0 Å². The van der Waals surface area contributed by atoms with Gasteiger partial charge >= 0.3 is 65.8 Å². The molecule has 1 saturated carbocycles. The van der Waals surface area contributed by atoms with Crippen LogP contribution < -0.4 is 0 Å². The molecule has 0 atom stereocenters. The fourth-order valence-electron chi connectivity index (χ4n) is 0.688. The third-order valence-corrected chi connectivity index (χ3v) is 6.37. The van der Waals surface area contributed by atoms with Gasteiger partial charge in [-0.15, -0.1) is 0 Å². The Hall–Kier alpha value is 1.12. The Morgan fingerprint density at radius 2 is 1.43 bits per heavy atom. The summed E-state index contributed by atoms with van der Waals surface area (Å²) in [4.78, 5) is 0. The van der Waals surface area contributed by atoms with E-state index in [4.69, 9.17) is 0 Å². The molecular formula is C5H6W2. The number of hydrogen-bond acceptors (Lipinski definition) is 0. The van der Waals surface area contributed by atoms with Gasteiger partial charge in [0.1, 0.15) is 0 Å². The first-order valence-corrected chi connectivity index (χ1v) is 5.30. The van der Waals surface area contributed by atoms with E-state index in [0.717, 1.165) is 0 Å². The maximum atomic E-state index is 1.75. The summed E-state index contributed by atoms with van der Waals surface area (Å²) in [6.45, 7) is 0. The molecule has 2 heteroatoms. The molecule has 0 amide bonds. The molecule has 0 aromatic carbocycles. The Morgan fingerprint density at radius 3 is 1.57 bits per heavy atom. The van der Waals surface area contributed by atoms with Crippen LogP contribution in [0, 0.1) is 0 Å². The summed E-state index contributed by atoms with van der Waals surface area (Å²) in [5, 5.41) is 0. The molecular weight excluding hydrogens is 428 g/mol. The van der Waals surface area contributed by atoms with E-state index in [1.54, 1.807) is 46.5 Å². The van der Waals surface area contributed by atoms with Crippen LogP contribution in [0.5, 0.6) is 0 Å². The molecule has 0 bridgehead atoms. The first kappa shape index (κ1) is 6.24. The summed E-state index contributed by atoms with van der Waals surface area (Å²) < 4.78 is 3.49. The number of hydrogen-bond donors (Lipinski definition) is 0. The second-order valence-electron chi connectivity index (χ2n) is 1.70. The van der Waals surface area contributed by atoms with Gasteiger partial charge in [-0.3, -0.25) is 0 Å². The molecule has 1 fully saturated rings. The van der Waals surface area contributed by atoms with E-state index < -0.39 is 0 Å². The van der Waals surface area contributed by atoms with Crippen molar-refractivity contribution in [3.05, 3.63) is 0 Å². The molecule has 0 heterocycles. The molecule has 0 aromatic heterocycles. The molecule has 7 heavy (non-hydrogen) atoms. The van der Waals surface area contributed by atoms with E-state index >= 15 is 0 Å². The summed E-state index contributed by atoms with van der Waals surface area (Å²) in [6, 6.07) is 0. The van der Waals surface area contributed by atoms with Crippen LogP contribution in [-0.4, -0.2) is 7.80 Å². The molecule has 0 nitrogen and oxygen atoms in total. The van der Waals surface area contributed by atoms with Crippen molar-refractivity contribution < 1.29 is 38.7 Å². The zero-order chi connectivity index (χ0) is 5.28. The molecule has 0 aromatic rings. The van der Waals surface area contributed by atoms with E-state index in [9.17, 15) is 0 Å². The van der Waals surface area contributed by atoms with Crippen molar-refractivity contribution in [2.75, 3.05) is 0 Å². The summed E-state index contributed by atoms with van der Waals surface area (Å²) in [7, 11) is 0. The summed E-state index contributed by atoms with van der Waals surface area (Å²) in [5.41, 5.74) is 0. The second-order valence-corrected chi connectivity index (χ2v) is 5.24. The molecule has 0 radical (unpaired) electrons. The van der Waals surface area contributed by atoms with Gasteiger partial charge in [-0.1, -0.05) is 0 Å². The van der Waals surface area contributed by atoms with Gasteiger partial charge in [0.15, 0.2) is 0 Å². The van der Waals surface area contributed by atoms with Crippen molar-refractivity contribution in [2.24, 2.45) is 0 Å². The Kier molecular flexibility index (Phi) is 2.32. The summed E-state index contributed by atoms with van der Waals surface area (Å²) in [6.07, 6.45) is 4.26. The first-order valence-electron chi connectivity index (χ1n) is 2.37. The minimum absolute atomic E-state index is 1.41. The van der Waals surface area contributed by atoms with Crippen molar-refractivity contribution >= 4 is 7.80 Å². The van der Waals surface area contributed by atoms with Gasteiger partial charge in [-0.05, 0) is 0 Å². The van der Waals surface area contributed by atoms with Crippen molar-refractivity contribution in [2.45, 2.75) is 19.3 Å². The van der Waals surface area contributed by atoms with Crippen LogP contribution in [0.15, 0.2) is 0 Å². The van der Waals surface area contributed by atoms with Crippen molar-refractivity contribution in [1.82, 2.24) is 0 Å². The van der Waals surface area contributed by atoms with Crippen LogP contribution >= 0.6 is 0 Å². The predicted octanol–water partition coefficient (Wildman–Crippen LogP) is 0.609. The normalized spacial score (nSPS) is 21.1. The molecule has 1 aliphatic carbocycles. The van der Waals surface area contributed by atoms with Gasteiger partial charge in [-0.25, -0.2) is 0 Å². The van der Waals surface area contributed by atoms with Crippen LogP contribution in [0.1, 0.15) is 19.3 Å². The molecule has 0 N–H and O–H groups in total. The minimum atomic E-state index is 1.41. The molecule has 0 spiro atoms. The molecule has 1 aliphatic rings. The monoisotopic (exact) mass is 434 g/mol. The fourth-order valence-corrected chi connectivity index (χ4v) is 2.46. The maximum absolute atomic E-state index is 1.75. The molecule has 1 rings (SSSR count). The first-order chi connectivity index (χ1) is 3.30. The van der Waals surface area contributed by atoms with Crippen molar-refractivity contribution in [3.8, 4) is 0 Å². The van der Waals surface area contributed by atoms with Crippen LogP contribution in [0.2, 0.25) is 0 Å². The Balaban J connectivity index is 2.65. The van der Waals surface area contributed by atoms with E-state index in [1.807, 2.05) is 0 Å². The Labute approximate surface area is 65.5 Å². The van der Waals surface area contributed by atoms with Gasteiger partial charge < -0.3 is 0 Å². The number of rotatable bonds is 0. The van der Waals surface area contributed by atoms with E-state index in [2.05, 4.69) is 0 Å². The SMILES string of the molecule is [W]=[C]1CCC[C]1=[W]. The van der Waals surface area contributed by atoms with Gasteiger partial charge in [0, 0.05) is 0 Å². The average molecular weight is 434 g/mol. The van der Waals surface area contributed by atoms with E-state index in [1.165, 1.54) is 19.3 Å². The molecule has 38 valence electrons. The fraction of sp³-hybridized carbons (Fsp3) is 0.600. The van der Waals surface area contributed by atoms with Crippen LogP contribution in [0.4, 0.5) is 0 Å². The van der Waals surface area contributed by atoms with Crippen molar-refractivity contribution in [1.29, 1.82) is 0 Å². The summed E-state index contributed by atoms with van der Waals surface area (Å²) >= 11 is 3.41. The van der Waals surface area contributed by atoms with Gasteiger partial charge in [0.25, 0.3) is 0 Å². The molecule has 0 unspecified atom stereocenters. The van der Waals surface area contributed by atoms with Crippen molar-refractivity contribution in [3.63, 3.8) is 0 Å². The van der Waals surface area contributed by atoms with Gasteiger partial charge in [-0.2, -0.15) is 0 Å². The Morgan fingerprint density at radius 1 is 1.00 bits per heavy atom.